The third-order valence-corrected chi connectivity index (χ3v) is 4.33. The second-order valence-electron chi connectivity index (χ2n) is 7.57. The Morgan fingerprint density at radius 2 is 1.71 bits per heavy atom. The van der Waals surface area contributed by atoms with Gasteiger partial charge in [0.15, 0.2) is 0 Å². The van der Waals surface area contributed by atoms with Gasteiger partial charge in [-0.05, 0) is 46.0 Å². The molecule has 21 heavy (non-hydrogen) atoms. The number of esters is 1. The summed E-state index contributed by atoms with van der Waals surface area (Å²) in [7, 11) is 0. The summed E-state index contributed by atoms with van der Waals surface area (Å²) in [6.45, 7) is 11.4. The first kappa shape index (κ1) is 18.0. The van der Waals surface area contributed by atoms with E-state index in [9.17, 15) is 9.59 Å². The van der Waals surface area contributed by atoms with Crippen LogP contribution in [-0.4, -0.2) is 23.5 Å². The summed E-state index contributed by atoms with van der Waals surface area (Å²) in [5.74, 6) is -0.304. The van der Waals surface area contributed by atoms with E-state index in [2.05, 4.69) is 12.2 Å². The molecule has 0 unspecified atom stereocenters. The van der Waals surface area contributed by atoms with Gasteiger partial charge < -0.3 is 10.1 Å². The molecule has 0 aromatic rings. The minimum atomic E-state index is -0.569. The lowest BCUT2D eigenvalue weighted by Crippen LogP contribution is -2.51. The number of hydrogen-bond acceptors (Lipinski definition) is 3. The highest BCUT2D eigenvalue weighted by Gasteiger charge is 2.41. The Kier molecular flexibility index (Phi) is 5.83. The molecule has 4 nitrogen and oxygen atoms in total. The summed E-state index contributed by atoms with van der Waals surface area (Å²) < 4.78 is 5.44. The van der Waals surface area contributed by atoms with Gasteiger partial charge in [0, 0.05) is 5.41 Å². The number of amides is 1. The Labute approximate surface area is 129 Å². The summed E-state index contributed by atoms with van der Waals surface area (Å²) in [6.07, 6.45) is 4.88. The molecule has 1 amide bonds. The Morgan fingerprint density at radius 1 is 1.19 bits per heavy atom. The van der Waals surface area contributed by atoms with Crippen molar-refractivity contribution in [3.05, 3.63) is 0 Å². The Balaban J connectivity index is 2.79. The van der Waals surface area contributed by atoms with E-state index in [4.69, 9.17) is 4.74 Å². The molecule has 0 radical (unpaired) electrons. The fourth-order valence-electron chi connectivity index (χ4n) is 2.95. The number of carbonyl (C=O) groups excluding carboxylic acids is 2. The lowest BCUT2D eigenvalue weighted by atomic mass is 9.82. The van der Waals surface area contributed by atoms with E-state index in [1.54, 1.807) is 0 Å². The van der Waals surface area contributed by atoms with Gasteiger partial charge in [-0.1, -0.05) is 33.6 Å². The van der Waals surface area contributed by atoms with Crippen molar-refractivity contribution in [2.45, 2.75) is 85.3 Å². The normalized spacial score (nSPS) is 19.4. The van der Waals surface area contributed by atoms with Crippen LogP contribution in [0.25, 0.3) is 0 Å². The maximum atomic E-state index is 12.7. The predicted molar refractivity (Wildman–Crippen MR) is 83.8 cm³/mol. The minimum Gasteiger partial charge on any atom is -0.458 e. The lowest BCUT2D eigenvalue weighted by Gasteiger charge is -2.31. The molecule has 0 bridgehead atoms. The maximum absolute atomic E-state index is 12.7. The smallest absolute Gasteiger partial charge is 0.329 e. The zero-order valence-electron chi connectivity index (χ0n) is 14.4. The monoisotopic (exact) mass is 297 g/mol. The van der Waals surface area contributed by atoms with Crippen molar-refractivity contribution in [2.75, 3.05) is 0 Å². The van der Waals surface area contributed by atoms with Crippen molar-refractivity contribution in [3.63, 3.8) is 0 Å². The first-order valence-corrected chi connectivity index (χ1v) is 8.15. The minimum absolute atomic E-state index is 0.0131. The zero-order chi connectivity index (χ0) is 16.3. The average molecular weight is 297 g/mol. The second-order valence-corrected chi connectivity index (χ2v) is 7.57. The van der Waals surface area contributed by atoms with Crippen LogP contribution >= 0.6 is 0 Å². The van der Waals surface area contributed by atoms with Crippen LogP contribution in [0.3, 0.4) is 0 Å². The Morgan fingerprint density at radius 3 is 2.10 bits per heavy atom. The Hall–Kier alpha value is -1.06. The van der Waals surface area contributed by atoms with Crippen molar-refractivity contribution in [3.8, 4) is 0 Å². The lowest BCUT2D eigenvalue weighted by molar-refractivity contribution is -0.160. The molecule has 4 heteroatoms. The summed E-state index contributed by atoms with van der Waals surface area (Å²) in [6, 6.07) is -0.569. The highest BCUT2D eigenvalue weighted by molar-refractivity contribution is 5.88. The topological polar surface area (TPSA) is 55.4 Å². The highest BCUT2D eigenvalue weighted by atomic mass is 16.6. The highest BCUT2D eigenvalue weighted by Crippen LogP contribution is 2.41. The van der Waals surface area contributed by atoms with E-state index >= 15 is 0 Å². The van der Waals surface area contributed by atoms with Crippen LogP contribution in [0.1, 0.15) is 73.6 Å². The van der Waals surface area contributed by atoms with Gasteiger partial charge in [-0.15, -0.1) is 0 Å². The van der Waals surface area contributed by atoms with Crippen LogP contribution in [0.15, 0.2) is 0 Å². The fraction of sp³-hybridized carbons (Fsp3) is 0.882. The largest absolute Gasteiger partial charge is 0.458 e. The van der Waals surface area contributed by atoms with E-state index in [1.807, 2.05) is 34.6 Å². The van der Waals surface area contributed by atoms with Gasteiger partial charge in [-0.25, -0.2) is 4.79 Å². The van der Waals surface area contributed by atoms with Crippen LogP contribution in [0, 0.1) is 11.3 Å². The number of rotatable bonds is 5. The molecule has 1 N–H and O–H groups in total. The van der Waals surface area contributed by atoms with E-state index in [1.165, 1.54) is 0 Å². The molecular weight excluding hydrogens is 266 g/mol. The molecule has 0 aromatic heterocycles. The molecule has 1 fully saturated rings. The molecule has 0 spiro atoms. The molecule has 122 valence electrons. The van der Waals surface area contributed by atoms with Gasteiger partial charge in [-0.2, -0.15) is 0 Å². The van der Waals surface area contributed by atoms with Crippen LogP contribution < -0.4 is 5.32 Å². The molecule has 1 aliphatic carbocycles. The first-order chi connectivity index (χ1) is 9.61. The number of hydrogen-bond donors (Lipinski definition) is 1. The predicted octanol–water partition coefficient (Wildman–Crippen LogP) is 3.44. The fourth-order valence-corrected chi connectivity index (χ4v) is 2.95. The van der Waals surface area contributed by atoms with E-state index < -0.39 is 11.6 Å². The summed E-state index contributed by atoms with van der Waals surface area (Å²) >= 11 is 0. The van der Waals surface area contributed by atoms with Gasteiger partial charge in [0.1, 0.15) is 11.6 Å². The van der Waals surface area contributed by atoms with E-state index in [0.717, 1.165) is 32.1 Å². The van der Waals surface area contributed by atoms with Crippen molar-refractivity contribution < 1.29 is 14.3 Å². The Bertz CT molecular complexity index is 376. The zero-order valence-corrected chi connectivity index (χ0v) is 14.4. The number of nitrogens with one attached hydrogen (secondary N) is 1. The quantitative estimate of drug-likeness (QED) is 0.791. The SMILES string of the molecule is CCC1(C(=O)N[C@H](C(=O)OC(C)(C)C)C(C)C)CCCC1. The summed E-state index contributed by atoms with van der Waals surface area (Å²) in [4.78, 5) is 25.0. The standard InChI is InChI=1S/C17H31NO3/c1-7-17(10-8-9-11-17)15(20)18-13(12(2)3)14(19)21-16(4,5)6/h12-13H,7-11H2,1-6H3,(H,18,20)/t13-/m0/s1. The van der Waals surface area contributed by atoms with Gasteiger partial charge >= 0.3 is 5.97 Å². The van der Waals surface area contributed by atoms with Gasteiger partial charge in [0.2, 0.25) is 5.91 Å². The molecular formula is C17H31NO3. The first-order valence-electron chi connectivity index (χ1n) is 8.15. The van der Waals surface area contributed by atoms with Gasteiger partial charge in [0.25, 0.3) is 0 Å². The van der Waals surface area contributed by atoms with Crippen LogP contribution in [-0.2, 0) is 14.3 Å². The molecule has 0 heterocycles. The molecule has 1 aliphatic rings. The van der Waals surface area contributed by atoms with Crippen molar-refractivity contribution in [1.29, 1.82) is 0 Å². The van der Waals surface area contributed by atoms with Gasteiger partial charge in [-0.3, -0.25) is 4.79 Å². The number of carbonyl (C=O) groups is 2. The molecule has 0 aliphatic heterocycles. The summed E-state index contributed by atoms with van der Waals surface area (Å²) in [5.41, 5.74) is -0.820. The molecule has 1 saturated carbocycles. The molecule has 0 saturated heterocycles. The summed E-state index contributed by atoms with van der Waals surface area (Å²) in [5, 5.41) is 2.96. The van der Waals surface area contributed by atoms with Crippen LogP contribution in [0.4, 0.5) is 0 Å². The van der Waals surface area contributed by atoms with E-state index in [-0.39, 0.29) is 23.2 Å². The molecule has 1 atom stereocenters. The van der Waals surface area contributed by atoms with Gasteiger partial charge in [0.05, 0.1) is 0 Å². The van der Waals surface area contributed by atoms with Crippen molar-refractivity contribution >= 4 is 11.9 Å². The second kappa shape index (κ2) is 6.80. The third-order valence-electron chi connectivity index (χ3n) is 4.33. The van der Waals surface area contributed by atoms with Crippen LogP contribution in [0.5, 0.6) is 0 Å². The molecule has 0 aromatic carbocycles. The number of ether oxygens (including phenoxy) is 1. The third kappa shape index (κ3) is 4.72. The average Bonchev–Trinajstić information content (AvgIpc) is 2.82. The van der Waals surface area contributed by atoms with E-state index in [0.29, 0.717) is 0 Å². The van der Waals surface area contributed by atoms with Crippen molar-refractivity contribution in [1.82, 2.24) is 5.32 Å². The van der Waals surface area contributed by atoms with Crippen LogP contribution in [0.2, 0.25) is 0 Å². The maximum Gasteiger partial charge on any atom is 0.329 e. The van der Waals surface area contributed by atoms with Crippen molar-refractivity contribution in [2.24, 2.45) is 11.3 Å². The molecule has 1 rings (SSSR count).